The van der Waals surface area contributed by atoms with Crippen LogP contribution in [0.5, 0.6) is 0 Å². The van der Waals surface area contributed by atoms with Gasteiger partial charge in [-0.3, -0.25) is 15.0 Å². The van der Waals surface area contributed by atoms with Gasteiger partial charge in [0.05, 0.1) is 23.4 Å². The number of nitrogens with one attached hydrogen (secondary N) is 3. The minimum Gasteiger partial charge on any atom is -0.452 e. The van der Waals surface area contributed by atoms with Crippen molar-refractivity contribution in [3.05, 3.63) is 70.1 Å². The number of anilines is 1. The highest BCUT2D eigenvalue weighted by molar-refractivity contribution is 6.32. The summed E-state index contributed by atoms with van der Waals surface area (Å²) in [6.45, 7) is 1.56. The molecular formula is C20H16ClF3N6O4. The largest absolute Gasteiger partial charge is 0.452 e. The SMILES string of the molecule is COC(=O)NNC(=O)c1c(C)cccc1NC(=O)c1cc(C(F)(F)F)nn1-c1ncccc1Cl. The Bertz CT molecular complexity index is 1260. The third-order valence-corrected chi connectivity index (χ3v) is 4.68. The van der Waals surface area contributed by atoms with Crippen LogP contribution in [0, 0.1) is 6.92 Å². The first-order valence-corrected chi connectivity index (χ1v) is 9.74. The molecule has 0 atom stereocenters. The second kappa shape index (κ2) is 9.79. The molecule has 0 aliphatic heterocycles. The zero-order valence-electron chi connectivity index (χ0n) is 17.5. The number of hydrogen-bond donors (Lipinski definition) is 3. The lowest BCUT2D eigenvalue weighted by molar-refractivity contribution is -0.141. The van der Waals surface area contributed by atoms with Crippen molar-refractivity contribution in [3.8, 4) is 5.82 Å². The molecule has 3 N–H and O–H groups in total. The van der Waals surface area contributed by atoms with E-state index in [4.69, 9.17) is 11.6 Å². The Morgan fingerprint density at radius 1 is 1.09 bits per heavy atom. The number of pyridine rings is 1. The van der Waals surface area contributed by atoms with Gasteiger partial charge < -0.3 is 10.1 Å². The van der Waals surface area contributed by atoms with Crippen molar-refractivity contribution in [1.29, 1.82) is 0 Å². The van der Waals surface area contributed by atoms with Gasteiger partial charge in [-0.2, -0.15) is 18.3 Å². The number of nitrogens with zero attached hydrogens (tertiary/aromatic N) is 3. The number of hydrazine groups is 1. The maximum atomic E-state index is 13.3. The Hall–Kier alpha value is -4.13. The Morgan fingerprint density at radius 2 is 1.82 bits per heavy atom. The number of rotatable bonds is 4. The molecule has 0 radical (unpaired) electrons. The van der Waals surface area contributed by atoms with E-state index in [9.17, 15) is 27.6 Å². The quantitative estimate of drug-likeness (QED) is 0.474. The van der Waals surface area contributed by atoms with Gasteiger partial charge in [0.2, 0.25) is 0 Å². The van der Waals surface area contributed by atoms with E-state index in [1.807, 2.05) is 5.43 Å². The van der Waals surface area contributed by atoms with Crippen LogP contribution >= 0.6 is 11.6 Å². The minimum atomic E-state index is -4.85. The monoisotopic (exact) mass is 496 g/mol. The standard InChI is InChI=1S/C20H16ClF3N6O4/c1-10-5-3-7-12(15(10)18(32)27-28-19(33)34-2)26-17(31)13-9-14(20(22,23)24)29-30(13)16-11(21)6-4-8-25-16/h3-9H,1-2H3,(H,26,31)(H,27,32)(H,28,33). The van der Waals surface area contributed by atoms with E-state index in [1.165, 1.54) is 30.5 Å². The summed E-state index contributed by atoms with van der Waals surface area (Å²) in [5.74, 6) is -2.03. The molecule has 178 valence electrons. The van der Waals surface area contributed by atoms with Crippen molar-refractivity contribution in [2.24, 2.45) is 0 Å². The lowest BCUT2D eigenvalue weighted by atomic mass is 10.1. The number of carbonyl (C=O) groups excluding carboxylic acids is 3. The minimum absolute atomic E-state index is 0.0393. The van der Waals surface area contributed by atoms with E-state index in [0.29, 0.717) is 16.3 Å². The summed E-state index contributed by atoms with van der Waals surface area (Å²) in [6.07, 6.45) is -4.52. The third kappa shape index (κ3) is 5.26. The molecule has 0 saturated carbocycles. The van der Waals surface area contributed by atoms with Crippen molar-refractivity contribution < 1.29 is 32.3 Å². The second-order valence-corrected chi connectivity index (χ2v) is 7.06. The van der Waals surface area contributed by atoms with Crippen molar-refractivity contribution in [2.45, 2.75) is 13.1 Å². The number of aromatic nitrogens is 3. The highest BCUT2D eigenvalue weighted by Crippen LogP contribution is 2.31. The maximum Gasteiger partial charge on any atom is 0.435 e. The van der Waals surface area contributed by atoms with Crippen LogP contribution in [-0.2, 0) is 10.9 Å². The number of carbonyl (C=O) groups is 3. The van der Waals surface area contributed by atoms with Crippen LogP contribution < -0.4 is 16.2 Å². The van der Waals surface area contributed by atoms with Crippen molar-refractivity contribution in [2.75, 3.05) is 12.4 Å². The normalized spacial score (nSPS) is 11.0. The number of aryl methyl sites for hydroxylation is 1. The van der Waals surface area contributed by atoms with E-state index in [2.05, 4.69) is 25.6 Å². The number of benzene rings is 1. The van der Waals surface area contributed by atoms with Crippen LogP contribution in [-0.4, -0.2) is 39.8 Å². The molecule has 0 fully saturated rings. The number of methoxy groups -OCH3 is 1. The summed E-state index contributed by atoms with van der Waals surface area (Å²) in [7, 11) is 1.09. The molecule has 10 nitrogen and oxygen atoms in total. The lowest BCUT2D eigenvalue weighted by Crippen LogP contribution is -2.42. The molecule has 3 rings (SSSR count). The van der Waals surface area contributed by atoms with Crippen LogP contribution in [0.3, 0.4) is 0 Å². The average molecular weight is 497 g/mol. The summed E-state index contributed by atoms with van der Waals surface area (Å²) in [5.41, 5.74) is 2.53. The van der Waals surface area contributed by atoms with Gasteiger partial charge in [0.1, 0.15) is 5.69 Å². The average Bonchev–Trinajstić information content (AvgIpc) is 3.23. The Kier molecular flexibility index (Phi) is 7.05. The number of alkyl halides is 3. The van der Waals surface area contributed by atoms with Crippen molar-refractivity contribution >= 4 is 35.2 Å². The van der Waals surface area contributed by atoms with Gasteiger partial charge in [-0.05, 0) is 30.7 Å². The summed E-state index contributed by atoms with van der Waals surface area (Å²) in [6, 6.07) is 7.80. The summed E-state index contributed by atoms with van der Waals surface area (Å²) in [5, 5.41) is 5.81. The fourth-order valence-electron chi connectivity index (χ4n) is 2.86. The molecule has 2 aromatic heterocycles. The number of amides is 3. The highest BCUT2D eigenvalue weighted by atomic mass is 35.5. The van der Waals surface area contributed by atoms with E-state index in [0.717, 1.165) is 7.11 Å². The van der Waals surface area contributed by atoms with E-state index >= 15 is 0 Å². The summed E-state index contributed by atoms with van der Waals surface area (Å²) >= 11 is 6.05. The summed E-state index contributed by atoms with van der Waals surface area (Å²) in [4.78, 5) is 40.7. The molecule has 3 amide bonds. The van der Waals surface area contributed by atoms with Crippen molar-refractivity contribution in [1.82, 2.24) is 25.6 Å². The first-order chi connectivity index (χ1) is 16.0. The fourth-order valence-corrected chi connectivity index (χ4v) is 3.06. The van der Waals surface area contributed by atoms with E-state index in [-0.39, 0.29) is 22.1 Å². The van der Waals surface area contributed by atoms with Gasteiger partial charge in [-0.25, -0.2) is 19.9 Å². The van der Waals surface area contributed by atoms with Gasteiger partial charge in [-0.1, -0.05) is 23.7 Å². The van der Waals surface area contributed by atoms with Crippen LogP contribution in [0.15, 0.2) is 42.6 Å². The molecule has 1 aromatic carbocycles. The molecule has 14 heteroatoms. The Labute approximate surface area is 195 Å². The molecular weight excluding hydrogens is 481 g/mol. The molecule has 0 aliphatic rings. The topological polar surface area (TPSA) is 127 Å². The molecule has 34 heavy (non-hydrogen) atoms. The van der Waals surface area contributed by atoms with Gasteiger partial charge in [0.25, 0.3) is 11.8 Å². The first-order valence-electron chi connectivity index (χ1n) is 9.36. The number of hydrogen-bond acceptors (Lipinski definition) is 6. The molecule has 2 heterocycles. The molecule has 0 aliphatic carbocycles. The van der Waals surface area contributed by atoms with Crippen LogP contribution in [0.1, 0.15) is 32.1 Å². The Balaban J connectivity index is 2.00. The molecule has 0 bridgehead atoms. The third-order valence-electron chi connectivity index (χ3n) is 4.38. The van der Waals surface area contributed by atoms with Gasteiger partial charge in [0, 0.05) is 12.3 Å². The van der Waals surface area contributed by atoms with E-state index in [1.54, 1.807) is 13.0 Å². The van der Waals surface area contributed by atoms with Crippen LogP contribution in [0.2, 0.25) is 5.02 Å². The second-order valence-electron chi connectivity index (χ2n) is 6.66. The molecule has 0 unspecified atom stereocenters. The fraction of sp³-hybridized carbons (Fsp3) is 0.150. The molecule has 0 saturated heterocycles. The van der Waals surface area contributed by atoms with Crippen LogP contribution in [0.4, 0.5) is 23.7 Å². The van der Waals surface area contributed by atoms with E-state index < -0.39 is 35.5 Å². The molecule has 0 spiro atoms. The zero-order chi connectivity index (χ0) is 25.0. The first kappa shape index (κ1) is 24.5. The van der Waals surface area contributed by atoms with Gasteiger partial charge in [0.15, 0.2) is 11.5 Å². The van der Waals surface area contributed by atoms with Gasteiger partial charge >= 0.3 is 12.3 Å². The molecule has 3 aromatic rings. The highest BCUT2D eigenvalue weighted by Gasteiger charge is 2.36. The number of ether oxygens (including phenoxy) is 1. The smallest absolute Gasteiger partial charge is 0.435 e. The van der Waals surface area contributed by atoms with Gasteiger partial charge in [-0.15, -0.1) is 0 Å². The predicted octanol–water partition coefficient (Wildman–Crippen LogP) is 3.50. The van der Waals surface area contributed by atoms with Crippen LogP contribution in [0.25, 0.3) is 5.82 Å². The number of halogens is 4. The Morgan fingerprint density at radius 3 is 2.47 bits per heavy atom. The maximum absolute atomic E-state index is 13.3. The zero-order valence-corrected chi connectivity index (χ0v) is 18.3. The predicted molar refractivity (Wildman–Crippen MR) is 114 cm³/mol. The summed E-state index contributed by atoms with van der Waals surface area (Å²) < 4.78 is 45.0. The van der Waals surface area contributed by atoms with Crippen molar-refractivity contribution in [3.63, 3.8) is 0 Å². The lowest BCUT2D eigenvalue weighted by Gasteiger charge is -2.14.